The molecule has 1 aromatic carbocycles. The Labute approximate surface area is 242 Å². The number of nitrogens with zero attached hydrogens (tertiary/aromatic N) is 2. The number of likely N-dealkylation sites (tertiary alicyclic amines) is 1. The van der Waals surface area contributed by atoms with Crippen LogP contribution in [-0.4, -0.2) is 51.7 Å². The third-order valence-electron chi connectivity index (χ3n) is 7.61. The zero-order valence-corrected chi connectivity index (χ0v) is 24.5. The molecule has 7 nitrogen and oxygen atoms in total. The van der Waals surface area contributed by atoms with E-state index in [1.807, 2.05) is 30.4 Å². The quantitative estimate of drug-likeness (QED) is 0.334. The number of nitrogens with two attached hydrogens (primary N) is 1. The summed E-state index contributed by atoms with van der Waals surface area (Å²) in [5.41, 5.74) is 9.49. The highest BCUT2D eigenvalue weighted by atomic mass is 35.5. The summed E-state index contributed by atoms with van der Waals surface area (Å²) in [4.78, 5) is 19.5. The Morgan fingerprint density at radius 1 is 1.25 bits per heavy atom. The number of primary amides is 1. The maximum absolute atomic E-state index is 12.5. The van der Waals surface area contributed by atoms with Gasteiger partial charge < -0.3 is 25.8 Å². The number of aliphatic hydroxyl groups is 1. The van der Waals surface area contributed by atoms with E-state index < -0.39 is 11.1 Å². The van der Waals surface area contributed by atoms with Crippen molar-refractivity contribution < 1.29 is 14.6 Å². The van der Waals surface area contributed by atoms with Gasteiger partial charge in [0.05, 0.1) is 11.3 Å². The van der Waals surface area contributed by atoms with E-state index in [4.69, 9.17) is 22.1 Å². The maximum Gasteiger partial charge on any atom is 0.243 e. The van der Waals surface area contributed by atoms with Gasteiger partial charge in [-0.25, -0.2) is 0 Å². The molecule has 0 saturated carbocycles. The molecule has 2 aromatic rings. The summed E-state index contributed by atoms with van der Waals surface area (Å²) in [6.45, 7) is 8.56. The van der Waals surface area contributed by atoms with Crippen LogP contribution in [0.25, 0.3) is 5.57 Å². The Morgan fingerprint density at radius 3 is 2.62 bits per heavy atom. The van der Waals surface area contributed by atoms with E-state index in [-0.39, 0.29) is 5.91 Å². The fourth-order valence-electron chi connectivity index (χ4n) is 5.32. The molecule has 1 fully saturated rings. The van der Waals surface area contributed by atoms with Gasteiger partial charge in [0.25, 0.3) is 0 Å². The molecule has 4 rings (SSSR count). The lowest BCUT2D eigenvalue weighted by atomic mass is 9.86. The number of allylic oxidation sites excluding steroid dienone is 3. The fourth-order valence-corrected chi connectivity index (χ4v) is 5.45. The molecule has 0 radical (unpaired) electrons. The molecule has 40 heavy (non-hydrogen) atoms. The molecule has 0 atom stereocenters. The summed E-state index contributed by atoms with van der Waals surface area (Å²) in [5, 5.41) is 14.2. The third kappa shape index (κ3) is 7.53. The first-order valence-corrected chi connectivity index (χ1v) is 14.4. The van der Waals surface area contributed by atoms with Crippen molar-refractivity contribution in [3.8, 4) is 0 Å². The summed E-state index contributed by atoms with van der Waals surface area (Å²) in [5.74, 6) is 0.503. The van der Waals surface area contributed by atoms with E-state index in [2.05, 4.69) is 34.3 Å². The molecule has 8 heteroatoms. The van der Waals surface area contributed by atoms with Gasteiger partial charge in [-0.2, -0.15) is 0 Å². The van der Waals surface area contributed by atoms with Crippen LogP contribution in [0.15, 0.2) is 72.2 Å². The number of carbonyl (C=O) groups excluding carboxylic acids is 1. The van der Waals surface area contributed by atoms with Crippen LogP contribution in [-0.2, 0) is 16.1 Å². The first kappa shape index (κ1) is 29.8. The standard InChI is InChI=1S/C32H41ClN4O3/c1-4-25-26(27-8-6-18-35-28(27)22-40-29(25)10-5-15-31(2,3)39)9-7-19-37-20-16-32(17-21-37,30(34)38)36-24-13-11-23(33)12-14-24/h5-6,8-14,18,36,39H,4,7,15-17,19-22H2,1-3H3,(H2,34,38)/b10-5-,26-9-. The monoisotopic (exact) mass is 564 g/mol. The molecule has 0 spiro atoms. The summed E-state index contributed by atoms with van der Waals surface area (Å²) in [6, 6.07) is 11.4. The number of amides is 1. The van der Waals surface area contributed by atoms with Gasteiger partial charge in [-0.05, 0) is 87.9 Å². The van der Waals surface area contributed by atoms with E-state index in [9.17, 15) is 9.90 Å². The van der Waals surface area contributed by atoms with Crippen molar-refractivity contribution in [2.75, 3.05) is 25.0 Å². The Morgan fingerprint density at radius 2 is 1.98 bits per heavy atom. The normalized spacial score (nSPS) is 18.9. The second-order valence-corrected chi connectivity index (χ2v) is 11.7. The zero-order chi connectivity index (χ0) is 28.8. The smallest absolute Gasteiger partial charge is 0.243 e. The summed E-state index contributed by atoms with van der Waals surface area (Å²) >= 11 is 6.02. The number of halogens is 1. The second-order valence-electron chi connectivity index (χ2n) is 11.2. The highest BCUT2D eigenvalue weighted by Crippen LogP contribution is 2.35. The van der Waals surface area contributed by atoms with Crippen molar-refractivity contribution in [1.82, 2.24) is 9.88 Å². The van der Waals surface area contributed by atoms with Crippen LogP contribution < -0.4 is 11.1 Å². The van der Waals surface area contributed by atoms with E-state index in [1.54, 1.807) is 32.2 Å². The SMILES string of the molecule is CCC1=C(/C=C\CC(C)(C)O)OCc2ncccc2/C1=C\CCN1CCC(Nc2ccc(Cl)cc2)(C(N)=O)CC1. The predicted molar refractivity (Wildman–Crippen MR) is 162 cm³/mol. The Balaban J connectivity index is 1.48. The molecule has 2 aliphatic heterocycles. The lowest BCUT2D eigenvalue weighted by Gasteiger charge is -2.40. The van der Waals surface area contributed by atoms with Crippen molar-refractivity contribution in [1.29, 1.82) is 0 Å². The number of carbonyl (C=O) groups is 1. The number of benzene rings is 1. The van der Waals surface area contributed by atoms with Gasteiger partial charge in [-0.1, -0.05) is 36.7 Å². The second kappa shape index (κ2) is 13.0. The molecule has 1 amide bonds. The minimum absolute atomic E-state index is 0.324. The van der Waals surface area contributed by atoms with E-state index >= 15 is 0 Å². The van der Waals surface area contributed by atoms with Gasteiger partial charge in [0.2, 0.25) is 5.91 Å². The minimum atomic E-state index is -0.776. The van der Waals surface area contributed by atoms with Crippen molar-refractivity contribution >= 4 is 28.8 Å². The first-order chi connectivity index (χ1) is 19.1. The van der Waals surface area contributed by atoms with Crippen molar-refractivity contribution in [3.05, 3.63) is 88.4 Å². The van der Waals surface area contributed by atoms with Crippen LogP contribution in [0.3, 0.4) is 0 Å². The zero-order valence-electron chi connectivity index (χ0n) is 23.8. The first-order valence-electron chi connectivity index (χ1n) is 14.1. The molecule has 2 aliphatic rings. The third-order valence-corrected chi connectivity index (χ3v) is 7.86. The number of aromatic nitrogens is 1. The number of hydrogen-bond acceptors (Lipinski definition) is 6. The molecule has 1 saturated heterocycles. The molecule has 1 aromatic heterocycles. The molecule has 0 bridgehead atoms. The molecular formula is C32H41ClN4O3. The van der Waals surface area contributed by atoms with Crippen LogP contribution in [0.5, 0.6) is 0 Å². The molecule has 4 N–H and O–H groups in total. The average molecular weight is 565 g/mol. The van der Waals surface area contributed by atoms with Crippen molar-refractivity contribution in [3.63, 3.8) is 0 Å². The summed E-state index contributed by atoms with van der Waals surface area (Å²) in [6.07, 6.45) is 11.5. The Hall–Kier alpha value is -3.13. The van der Waals surface area contributed by atoms with Crippen molar-refractivity contribution in [2.45, 2.75) is 70.6 Å². The van der Waals surface area contributed by atoms with Gasteiger partial charge >= 0.3 is 0 Å². The molecule has 3 heterocycles. The van der Waals surface area contributed by atoms with E-state index in [0.29, 0.717) is 30.9 Å². The van der Waals surface area contributed by atoms with Gasteiger partial charge in [-0.15, -0.1) is 0 Å². The van der Waals surface area contributed by atoms with Gasteiger partial charge in [-0.3, -0.25) is 9.78 Å². The Bertz CT molecular complexity index is 1270. The van der Waals surface area contributed by atoms with E-state index in [0.717, 1.165) is 66.3 Å². The summed E-state index contributed by atoms with van der Waals surface area (Å²) < 4.78 is 6.21. The number of nitrogens with one attached hydrogen (secondary N) is 1. The van der Waals surface area contributed by atoms with Crippen LogP contribution in [0.1, 0.15) is 64.1 Å². The number of rotatable bonds is 10. The van der Waals surface area contributed by atoms with Gasteiger partial charge in [0.15, 0.2) is 0 Å². The lowest BCUT2D eigenvalue weighted by Crippen LogP contribution is -2.57. The highest BCUT2D eigenvalue weighted by molar-refractivity contribution is 6.30. The summed E-state index contributed by atoms with van der Waals surface area (Å²) in [7, 11) is 0. The number of fused-ring (bicyclic) bond motifs is 1. The largest absolute Gasteiger partial charge is 0.487 e. The minimum Gasteiger partial charge on any atom is -0.487 e. The van der Waals surface area contributed by atoms with Crippen molar-refractivity contribution in [2.24, 2.45) is 5.73 Å². The van der Waals surface area contributed by atoms with Crippen LogP contribution in [0.4, 0.5) is 5.69 Å². The average Bonchev–Trinajstić information content (AvgIpc) is 3.07. The predicted octanol–water partition coefficient (Wildman–Crippen LogP) is 5.85. The fraction of sp³-hybridized carbons (Fsp3) is 0.438. The van der Waals surface area contributed by atoms with Crippen LogP contribution in [0, 0.1) is 0 Å². The number of ether oxygens (including phenoxy) is 1. The van der Waals surface area contributed by atoms with Gasteiger partial charge in [0.1, 0.15) is 17.9 Å². The molecular weight excluding hydrogens is 524 g/mol. The number of hydrogen-bond donors (Lipinski definition) is 3. The molecule has 214 valence electrons. The molecule has 0 unspecified atom stereocenters. The lowest BCUT2D eigenvalue weighted by molar-refractivity contribution is -0.123. The Kier molecular flexibility index (Phi) is 9.72. The van der Waals surface area contributed by atoms with Gasteiger partial charge in [0, 0.05) is 47.7 Å². The highest BCUT2D eigenvalue weighted by Gasteiger charge is 2.39. The topological polar surface area (TPSA) is 101 Å². The maximum atomic E-state index is 12.5. The van der Waals surface area contributed by atoms with Crippen LogP contribution >= 0.6 is 11.6 Å². The van der Waals surface area contributed by atoms with E-state index in [1.165, 1.54) is 0 Å². The number of pyridine rings is 1. The van der Waals surface area contributed by atoms with Crippen LogP contribution in [0.2, 0.25) is 5.02 Å². The number of piperidine rings is 1. The molecule has 0 aliphatic carbocycles. The number of anilines is 1.